The van der Waals surface area contributed by atoms with E-state index in [2.05, 4.69) is 15.9 Å². The van der Waals surface area contributed by atoms with Crippen molar-refractivity contribution in [3.05, 3.63) is 67.0 Å². The molecule has 0 atom stereocenters. The van der Waals surface area contributed by atoms with Crippen LogP contribution in [0.15, 0.2) is 39.6 Å². The average molecular weight is 338 g/mol. The lowest BCUT2D eigenvalue weighted by Gasteiger charge is -2.11. The van der Waals surface area contributed by atoms with Crippen molar-refractivity contribution in [2.75, 3.05) is 0 Å². The van der Waals surface area contributed by atoms with Crippen LogP contribution in [0.4, 0.5) is 0 Å². The Hall–Kier alpha value is -1.57. The summed E-state index contributed by atoms with van der Waals surface area (Å²) in [6.45, 7) is 2.18. The predicted octanol–water partition coefficient (Wildman–Crippen LogP) is 3.49. The molecule has 0 aliphatic heterocycles. The molecule has 0 radical (unpaired) electrons. The minimum Gasteiger partial charge on any atom is -0.307 e. The topological polar surface area (TPSA) is 45.8 Å². The summed E-state index contributed by atoms with van der Waals surface area (Å²) in [5.74, 6) is 0. The summed E-state index contributed by atoms with van der Waals surface area (Å²) in [7, 11) is 0. The second kappa shape index (κ2) is 5.60. The van der Waals surface area contributed by atoms with Crippen LogP contribution in [0.3, 0.4) is 0 Å². The molecule has 0 aliphatic rings. The third-order valence-corrected chi connectivity index (χ3v) is 3.70. The van der Waals surface area contributed by atoms with E-state index in [0.717, 1.165) is 15.7 Å². The average Bonchev–Trinajstić information content (AvgIpc) is 2.37. The van der Waals surface area contributed by atoms with E-state index in [1.165, 1.54) is 6.07 Å². The molecule has 1 aromatic carbocycles. The molecule has 0 saturated carbocycles. The Balaban J connectivity index is 2.50. The molecule has 2 rings (SSSR count). The first-order valence-electron chi connectivity index (χ1n) is 5.57. The van der Waals surface area contributed by atoms with Gasteiger partial charge in [-0.25, -0.2) is 0 Å². The van der Waals surface area contributed by atoms with E-state index in [9.17, 15) is 4.79 Å². The van der Waals surface area contributed by atoms with Crippen LogP contribution in [-0.4, -0.2) is 4.57 Å². The molecular formula is C14H10BrClN2O. The molecule has 0 fully saturated rings. The molecule has 0 unspecified atom stereocenters. The summed E-state index contributed by atoms with van der Waals surface area (Å²) in [6, 6.07) is 10.7. The summed E-state index contributed by atoms with van der Waals surface area (Å²) in [6.07, 6.45) is 0. The first-order chi connectivity index (χ1) is 9.02. The van der Waals surface area contributed by atoms with Crippen molar-refractivity contribution in [2.45, 2.75) is 13.5 Å². The number of aryl methyl sites for hydroxylation is 1. The molecular weight excluding hydrogens is 328 g/mol. The van der Waals surface area contributed by atoms with Gasteiger partial charge in [0.05, 0.1) is 6.54 Å². The second-order valence-corrected chi connectivity index (χ2v) is 5.45. The summed E-state index contributed by atoms with van der Waals surface area (Å²) in [5, 5.41) is 9.48. The highest BCUT2D eigenvalue weighted by Gasteiger charge is 2.08. The fraction of sp³-hybridized carbons (Fsp3) is 0.143. The molecule has 3 nitrogen and oxygen atoms in total. The second-order valence-electron chi connectivity index (χ2n) is 4.13. The lowest BCUT2D eigenvalue weighted by molar-refractivity contribution is 0.727. The lowest BCUT2D eigenvalue weighted by atomic mass is 10.2. The molecule has 1 heterocycles. The molecule has 2 aromatic rings. The molecule has 0 N–H and O–H groups in total. The van der Waals surface area contributed by atoms with Gasteiger partial charge in [-0.15, -0.1) is 0 Å². The van der Waals surface area contributed by atoms with Crippen LogP contribution in [0.5, 0.6) is 0 Å². The number of nitriles is 1. The van der Waals surface area contributed by atoms with Crippen molar-refractivity contribution >= 4 is 27.5 Å². The Bertz CT molecular complexity index is 731. The van der Waals surface area contributed by atoms with Crippen molar-refractivity contribution in [2.24, 2.45) is 0 Å². The van der Waals surface area contributed by atoms with Crippen molar-refractivity contribution in [1.82, 2.24) is 4.57 Å². The zero-order valence-corrected chi connectivity index (χ0v) is 12.5. The Morgan fingerprint density at radius 2 is 2.11 bits per heavy atom. The molecule has 0 saturated heterocycles. The van der Waals surface area contributed by atoms with E-state index in [4.69, 9.17) is 16.9 Å². The van der Waals surface area contributed by atoms with E-state index < -0.39 is 0 Å². The lowest BCUT2D eigenvalue weighted by Crippen LogP contribution is -2.25. The highest BCUT2D eigenvalue weighted by molar-refractivity contribution is 9.10. The smallest absolute Gasteiger partial charge is 0.268 e. The van der Waals surface area contributed by atoms with Crippen molar-refractivity contribution < 1.29 is 0 Å². The minimum absolute atomic E-state index is 0.138. The van der Waals surface area contributed by atoms with E-state index in [1.54, 1.807) is 16.7 Å². The largest absolute Gasteiger partial charge is 0.307 e. The fourth-order valence-electron chi connectivity index (χ4n) is 1.77. The van der Waals surface area contributed by atoms with Crippen LogP contribution in [-0.2, 0) is 6.54 Å². The summed E-state index contributed by atoms with van der Waals surface area (Å²) < 4.78 is 2.43. The zero-order chi connectivity index (χ0) is 14.0. The molecule has 0 bridgehead atoms. The van der Waals surface area contributed by atoms with E-state index >= 15 is 0 Å². The monoisotopic (exact) mass is 336 g/mol. The SMILES string of the molecule is Cc1ccc(C#N)c(=O)n1Cc1ccc(Br)cc1Cl. The van der Waals surface area contributed by atoms with Gasteiger partial charge in [-0.1, -0.05) is 33.6 Å². The van der Waals surface area contributed by atoms with Crippen LogP contribution >= 0.6 is 27.5 Å². The highest BCUT2D eigenvalue weighted by atomic mass is 79.9. The summed E-state index contributed by atoms with van der Waals surface area (Å²) in [4.78, 5) is 12.1. The van der Waals surface area contributed by atoms with Crippen LogP contribution in [0, 0.1) is 18.3 Å². The molecule has 0 aliphatic carbocycles. The molecule has 0 spiro atoms. The van der Waals surface area contributed by atoms with Gasteiger partial charge in [-0.3, -0.25) is 4.79 Å². The maximum atomic E-state index is 12.1. The fourth-order valence-corrected chi connectivity index (χ4v) is 2.51. The predicted molar refractivity (Wildman–Crippen MR) is 78.4 cm³/mol. The minimum atomic E-state index is -0.290. The first kappa shape index (κ1) is 13.9. The summed E-state index contributed by atoms with van der Waals surface area (Å²) >= 11 is 9.48. The van der Waals surface area contributed by atoms with Gasteiger partial charge in [0.1, 0.15) is 11.6 Å². The van der Waals surface area contributed by atoms with Crippen molar-refractivity contribution in [3.63, 3.8) is 0 Å². The Labute approximate surface area is 124 Å². The third-order valence-electron chi connectivity index (χ3n) is 2.86. The standard InChI is InChI=1S/C14H10BrClN2O/c1-9-2-3-10(7-17)14(19)18(9)8-11-4-5-12(15)6-13(11)16/h2-6H,8H2,1H3. The number of rotatable bonds is 2. The van der Waals surface area contributed by atoms with Crippen LogP contribution in [0.2, 0.25) is 5.02 Å². The number of hydrogen-bond donors (Lipinski definition) is 0. The van der Waals surface area contributed by atoms with Gasteiger partial charge in [0, 0.05) is 15.2 Å². The van der Waals surface area contributed by atoms with Gasteiger partial charge in [-0.2, -0.15) is 5.26 Å². The third kappa shape index (κ3) is 2.89. The number of nitrogens with zero attached hydrogens (tertiary/aromatic N) is 2. The Morgan fingerprint density at radius 3 is 2.74 bits per heavy atom. The maximum absolute atomic E-state index is 12.1. The van der Waals surface area contributed by atoms with E-state index in [1.807, 2.05) is 25.1 Å². The number of aromatic nitrogens is 1. The van der Waals surface area contributed by atoms with Crippen molar-refractivity contribution in [3.8, 4) is 6.07 Å². The molecule has 5 heteroatoms. The van der Waals surface area contributed by atoms with E-state index in [-0.39, 0.29) is 11.1 Å². The Kier molecular flexibility index (Phi) is 4.08. The molecule has 96 valence electrons. The van der Waals surface area contributed by atoms with Crippen LogP contribution in [0.1, 0.15) is 16.8 Å². The zero-order valence-electron chi connectivity index (χ0n) is 10.2. The molecule has 0 amide bonds. The van der Waals surface area contributed by atoms with Gasteiger partial charge in [0.2, 0.25) is 0 Å². The van der Waals surface area contributed by atoms with Crippen LogP contribution in [0.25, 0.3) is 0 Å². The van der Waals surface area contributed by atoms with Crippen LogP contribution < -0.4 is 5.56 Å². The van der Waals surface area contributed by atoms with Gasteiger partial charge in [0.25, 0.3) is 5.56 Å². The number of pyridine rings is 1. The molecule has 1 aromatic heterocycles. The maximum Gasteiger partial charge on any atom is 0.268 e. The quantitative estimate of drug-likeness (QED) is 0.842. The molecule has 19 heavy (non-hydrogen) atoms. The van der Waals surface area contributed by atoms with Gasteiger partial charge >= 0.3 is 0 Å². The first-order valence-corrected chi connectivity index (χ1v) is 6.74. The normalized spacial score (nSPS) is 10.2. The number of benzene rings is 1. The van der Waals surface area contributed by atoms with Gasteiger partial charge in [0.15, 0.2) is 0 Å². The van der Waals surface area contributed by atoms with E-state index in [0.29, 0.717) is 11.6 Å². The Morgan fingerprint density at radius 1 is 1.37 bits per heavy atom. The van der Waals surface area contributed by atoms with Gasteiger partial charge in [-0.05, 0) is 36.8 Å². The number of hydrogen-bond acceptors (Lipinski definition) is 2. The number of halogens is 2. The highest BCUT2D eigenvalue weighted by Crippen LogP contribution is 2.22. The summed E-state index contributed by atoms with van der Waals surface area (Å²) in [5.41, 5.74) is 1.48. The van der Waals surface area contributed by atoms with Gasteiger partial charge < -0.3 is 4.57 Å². The van der Waals surface area contributed by atoms with Crippen molar-refractivity contribution in [1.29, 1.82) is 5.26 Å².